The van der Waals surface area contributed by atoms with Gasteiger partial charge in [-0.3, -0.25) is 9.59 Å². The molecule has 1 heterocycles. The first-order valence-corrected chi connectivity index (χ1v) is 6.37. The highest BCUT2D eigenvalue weighted by Gasteiger charge is 2.23. The topological polar surface area (TPSA) is 96.2 Å². The van der Waals surface area contributed by atoms with Crippen LogP contribution in [0, 0.1) is 0 Å². The van der Waals surface area contributed by atoms with E-state index in [4.69, 9.17) is 5.73 Å². The van der Waals surface area contributed by atoms with Crippen LogP contribution >= 0.6 is 0 Å². The lowest BCUT2D eigenvalue weighted by Gasteiger charge is -2.11. The first kappa shape index (κ1) is 11.8. The zero-order valence-corrected chi connectivity index (χ0v) is 10.5. The van der Waals surface area contributed by atoms with Crippen molar-refractivity contribution in [2.24, 2.45) is 0 Å². The summed E-state index contributed by atoms with van der Waals surface area (Å²) < 4.78 is 0. The van der Waals surface area contributed by atoms with E-state index < -0.39 is 0 Å². The average molecular weight is 260 g/mol. The summed E-state index contributed by atoms with van der Waals surface area (Å²) >= 11 is 0. The molecule has 1 aliphatic heterocycles. The molecule has 0 aromatic heterocycles. The second kappa shape index (κ2) is 4.46. The van der Waals surface area contributed by atoms with Gasteiger partial charge < -0.3 is 21.7 Å². The van der Waals surface area contributed by atoms with Crippen molar-refractivity contribution in [3.63, 3.8) is 0 Å². The van der Waals surface area contributed by atoms with Gasteiger partial charge in [-0.05, 0) is 30.5 Å². The number of hydrogen-bond donors (Lipinski definition) is 4. The van der Waals surface area contributed by atoms with Crippen molar-refractivity contribution in [3.05, 3.63) is 17.7 Å². The Hall–Kier alpha value is -2.24. The third kappa shape index (κ3) is 2.62. The molecular formula is C13H16N4O2. The lowest BCUT2D eigenvalue weighted by molar-refractivity contribution is -0.119. The quantitative estimate of drug-likeness (QED) is 0.591. The molecule has 0 unspecified atom stereocenters. The first-order valence-electron chi connectivity index (χ1n) is 6.37. The Bertz CT molecular complexity index is 552. The third-order valence-corrected chi connectivity index (χ3v) is 3.28. The van der Waals surface area contributed by atoms with Gasteiger partial charge in [-0.25, -0.2) is 0 Å². The number of carbonyl (C=O) groups excluding carboxylic acids is 2. The summed E-state index contributed by atoms with van der Waals surface area (Å²) in [7, 11) is 0. The Morgan fingerprint density at radius 1 is 1.42 bits per heavy atom. The minimum absolute atomic E-state index is 0.0296. The molecule has 3 rings (SSSR count). The van der Waals surface area contributed by atoms with E-state index in [1.54, 1.807) is 12.1 Å². The van der Waals surface area contributed by atoms with E-state index in [1.807, 2.05) is 0 Å². The molecule has 1 fully saturated rings. The molecule has 6 heteroatoms. The van der Waals surface area contributed by atoms with Crippen LogP contribution in [0.3, 0.4) is 0 Å². The molecule has 19 heavy (non-hydrogen) atoms. The van der Waals surface area contributed by atoms with Crippen LogP contribution in [0.15, 0.2) is 12.1 Å². The highest BCUT2D eigenvalue weighted by atomic mass is 16.2. The van der Waals surface area contributed by atoms with Crippen LogP contribution in [0.5, 0.6) is 0 Å². The molecule has 0 atom stereocenters. The standard InChI is InChI=1S/C13H16N4O2/c14-9-3-7-4-12(18)17-10(7)5-11(9)15-6-13(19)16-8-1-2-8/h3,5,8,15H,1-2,4,6,14H2,(H,16,19)(H,17,18). The minimum Gasteiger partial charge on any atom is -0.397 e. The smallest absolute Gasteiger partial charge is 0.239 e. The van der Waals surface area contributed by atoms with Crippen LogP contribution in [0.2, 0.25) is 0 Å². The van der Waals surface area contributed by atoms with Gasteiger partial charge in [0.1, 0.15) is 0 Å². The predicted octanol–water partition coefficient (Wildman–Crippen LogP) is 0.454. The van der Waals surface area contributed by atoms with E-state index in [0.717, 1.165) is 24.1 Å². The van der Waals surface area contributed by atoms with Gasteiger partial charge in [-0.15, -0.1) is 0 Å². The van der Waals surface area contributed by atoms with Crippen molar-refractivity contribution in [3.8, 4) is 0 Å². The molecule has 1 aliphatic carbocycles. The minimum atomic E-state index is -0.0357. The summed E-state index contributed by atoms with van der Waals surface area (Å²) in [4.78, 5) is 22.9. The summed E-state index contributed by atoms with van der Waals surface area (Å²) in [6, 6.07) is 3.90. The molecule has 0 radical (unpaired) electrons. The van der Waals surface area contributed by atoms with Gasteiger partial charge in [0.2, 0.25) is 11.8 Å². The third-order valence-electron chi connectivity index (χ3n) is 3.28. The molecule has 100 valence electrons. The largest absolute Gasteiger partial charge is 0.397 e. The number of anilines is 3. The maximum absolute atomic E-state index is 11.6. The molecule has 6 nitrogen and oxygen atoms in total. The number of carbonyl (C=O) groups is 2. The van der Waals surface area contributed by atoms with Crippen molar-refractivity contribution in [2.45, 2.75) is 25.3 Å². The molecule has 1 aromatic carbocycles. The van der Waals surface area contributed by atoms with E-state index >= 15 is 0 Å². The lowest BCUT2D eigenvalue weighted by Crippen LogP contribution is -2.31. The fraction of sp³-hybridized carbons (Fsp3) is 0.385. The second-order valence-electron chi connectivity index (χ2n) is 5.02. The average Bonchev–Trinajstić information content (AvgIpc) is 3.07. The Kier molecular flexibility index (Phi) is 2.77. The molecule has 1 aromatic rings. The Morgan fingerprint density at radius 3 is 2.95 bits per heavy atom. The summed E-state index contributed by atoms with van der Waals surface area (Å²) in [5, 5.41) is 8.65. The number of amides is 2. The number of nitrogens with two attached hydrogens (primary N) is 1. The number of nitrogens with one attached hydrogen (secondary N) is 3. The normalized spacial score (nSPS) is 16.7. The molecule has 0 bridgehead atoms. The summed E-state index contributed by atoms with van der Waals surface area (Å²) in [5.74, 6) is -0.0653. The molecule has 0 spiro atoms. The lowest BCUT2D eigenvalue weighted by atomic mass is 10.1. The maximum atomic E-state index is 11.6. The fourth-order valence-corrected chi connectivity index (χ4v) is 2.13. The fourth-order valence-electron chi connectivity index (χ4n) is 2.13. The number of hydrogen-bond acceptors (Lipinski definition) is 4. The van der Waals surface area contributed by atoms with Gasteiger partial charge in [-0.2, -0.15) is 0 Å². The highest BCUT2D eigenvalue weighted by molar-refractivity contribution is 6.01. The molecule has 0 saturated heterocycles. The second-order valence-corrected chi connectivity index (χ2v) is 5.02. The van der Waals surface area contributed by atoms with Crippen LogP contribution in [0.1, 0.15) is 18.4 Å². The summed E-state index contributed by atoms with van der Waals surface area (Å²) in [6.45, 7) is 0.188. The number of fused-ring (bicyclic) bond motifs is 1. The van der Waals surface area contributed by atoms with Crippen molar-refractivity contribution in [1.29, 1.82) is 0 Å². The monoisotopic (exact) mass is 260 g/mol. The van der Waals surface area contributed by atoms with Crippen LogP contribution in [-0.2, 0) is 16.0 Å². The van der Waals surface area contributed by atoms with Gasteiger partial charge in [0, 0.05) is 11.7 Å². The van der Waals surface area contributed by atoms with Crippen LogP contribution < -0.4 is 21.7 Å². The van der Waals surface area contributed by atoms with Crippen molar-refractivity contribution in [1.82, 2.24) is 5.32 Å². The van der Waals surface area contributed by atoms with E-state index in [9.17, 15) is 9.59 Å². The Morgan fingerprint density at radius 2 is 2.21 bits per heavy atom. The number of rotatable bonds is 4. The van der Waals surface area contributed by atoms with E-state index in [2.05, 4.69) is 16.0 Å². The Labute approximate surface area is 110 Å². The highest BCUT2D eigenvalue weighted by Crippen LogP contribution is 2.31. The van der Waals surface area contributed by atoms with Gasteiger partial charge in [0.25, 0.3) is 0 Å². The van der Waals surface area contributed by atoms with Gasteiger partial charge >= 0.3 is 0 Å². The maximum Gasteiger partial charge on any atom is 0.239 e. The van der Waals surface area contributed by atoms with Crippen molar-refractivity contribution >= 4 is 28.9 Å². The van der Waals surface area contributed by atoms with Gasteiger partial charge in [-0.1, -0.05) is 0 Å². The molecule has 2 amide bonds. The van der Waals surface area contributed by atoms with Crippen molar-refractivity contribution < 1.29 is 9.59 Å². The van der Waals surface area contributed by atoms with E-state index in [-0.39, 0.29) is 18.4 Å². The summed E-state index contributed by atoms with van der Waals surface area (Å²) in [6.07, 6.45) is 2.50. The van der Waals surface area contributed by atoms with Gasteiger partial charge in [0.15, 0.2) is 0 Å². The van der Waals surface area contributed by atoms with Gasteiger partial charge in [0.05, 0.1) is 24.3 Å². The number of nitrogen functional groups attached to an aromatic ring is 1. The molecule has 2 aliphatic rings. The zero-order valence-electron chi connectivity index (χ0n) is 10.5. The Balaban J connectivity index is 1.65. The first-order chi connectivity index (χ1) is 9.11. The SMILES string of the molecule is Nc1cc2c(cc1NCC(=O)NC1CC1)NC(=O)C2. The zero-order chi connectivity index (χ0) is 13.4. The molecule has 5 N–H and O–H groups in total. The van der Waals surface area contributed by atoms with Crippen LogP contribution in [0.4, 0.5) is 17.1 Å². The summed E-state index contributed by atoms with van der Waals surface area (Å²) in [5.41, 5.74) is 8.80. The van der Waals surface area contributed by atoms with E-state index in [1.165, 1.54) is 0 Å². The molecular weight excluding hydrogens is 244 g/mol. The predicted molar refractivity (Wildman–Crippen MR) is 72.8 cm³/mol. The van der Waals surface area contributed by atoms with Crippen molar-refractivity contribution in [2.75, 3.05) is 22.9 Å². The van der Waals surface area contributed by atoms with Crippen LogP contribution in [-0.4, -0.2) is 24.4 Å². The molecule has 1 saturated carbocycles. The van der Waals surface area contributed by atoms with Crippen LogP contribution in [0.25, 0.3) is 0 Å². The number of benzene rings is 1. The van der Waals surface area contributed by atoms with E-state index in [0.29, 0.717) is 23.8 Å².